The van der Waals surface area contributed by atoms with Gasteiger partial charge in [0.2, 0.25) is 11.8 Å². The number of carbonyl (C=O) groups excluding carboxylic acids is 1. The molecule has 8 heteroatoms. The van der Waals surface area contributed by atoms with Gasteiger partial charge in [0.25, 0.3) is 5.22 Å². The van der Waals surface area contributed by atoms with E-state index in [2.05, 4.69) is 15.5 Å². The number of hydrogen-bond donors (Lipinski definition) is 1. The van der Waals surface area contributed by atoms with Crippen molar-refractivity contribution in [1.82, 2.24) is 10.2 Å². The minimum atomic E-state index is -0.209. The lowest BCUT2D eigenvalue weighted by atomic mass is 10.1. The molecular weight excluding hydrogens is 393 g/mol. The largest absolute Gasteiger partial charge is 0.411 e. The zero-order valence-electron chi connectivity index (χ0n) is 14.0. The van der Waals surface area contributed by atoms with Crippen LogP contribution in [-0.2, 0) is 4.79 Å². The van der Waals surface area contributed by atoms with E-state index in [0.29, 0.717) is 26.8 Å². The van der Waals surface area contributed by atoms with Crippen LogP contribution in [0.3, 0.4) is 0 Å². The molecule has 0 saturated carbocycles. The molecule has 0 aliphatic carbocycles. The fourth-order valence-electron chi connectivity index (χ4n) is 2.16. The molecule has 2 aromatic carbocycles. The second-order valence-electron chi connectivity index (χ2n) is 5.64. The van der Waals surface area contributed by atoms with Crippen molar-refractivity contribution >= 4 is 46.6 Å². The molecule has 0 bridgehead atoms. The Kier molecular flexibility index (Phi) is 5.86. The number of nitrogens with one attached hydrogen (secondary N) is 1. The van der Waals surface area contributed by atoms with Crippen LogP contribution in [0.4, 0.5) is 5.69 Å². The van der Waals surface area contributed by atoms with Crippen molar-refractivity contribution in [3.05, 3.63) is 57.6 Å². The topological polar surface area (TPSA) is 68.0 Å². The lowest BCUT2D eigenvalue weighted by Gasteiger charge is -2.05. The van der Waals surface area contributed by atoms with E-state index in [4.69, 9.17) is 27.6 Å². The molecule has 0 atom stereocenters. The molecule has 1 aromatic heterocycles. The summed E-state index contributed by atoms with van der Waals surface area (Å²) >= 11 is 13.0. The standard InChI is InChI=1S/C18H15Cl2N3O2S/c1-10-3-4-12(7-11(10)2)17-22-23-18(25-17)26-9-16(24)21-13-5-6-14(19)15(20)8-13/h3-8H,9H2,1-2H3,(H,21,24). The normalized spacial score (nSPS) is 10.8. The first-order valence-electron chi connectivity index (χ1n) is 7.71. The predicted molar refractivity (Wildman–Crippen MR) is 105 cm³/mol. The third-order valence-electron chi connectivity index (χ3n) is 3.69. The second-order valence-corrected chi connectivity index (χ2v) is 7.38. The SMILES string of the molecule is Cc1ccc(-c2nnc(SCC(=O)Nc3ccc(Cl)c(Cl)c3)o2)cc1C. The molecule has 0 aliphatic heterocycles. The first kappa shape index (κ1) is 18.8. The van der Waals surface area contributed by atoms with Crippen molar-refractivity contribution in [3.63, 3.8) is 0 Å². The van der Waals surface area contributed by atoms with Gasteiger partial charge in [-0.25, -0.2) is 0 Å². The van der Waals surface area contributed by atoms with Crippen LogP contribution in [0, 0.1) is 13.8 Å². The summed E-state index contributed by atoms with van der Waals surface area (Å²) < 4.78 is 5.62. The van der Waals surface area contributed by atoms with Crippen LogP contribution in [0.25, 0.3) is 11.5 Å². The Bertz CT molecular complexity index is 959. The highest BCUT2D eigenvalue weighted by molar-refractivity contribution is 7.99. The number of nitrogens with zero attached hydrogens (tertiary/aromatic N) is 2. The lowest BCUT2D eigenvalue weighted by molar-refractivity contribution is -0.113. The maximum atomic E-state index is 12.0. The summed E-state index contributed by atoms with van der Waals surface area (Å²) in [5.41, 5.74) is 3.77. The number of aryl methyl sites for hydroxylation is 2. The first-order chi connectivity index (χ1) is 12.4. The van der Waals surface area contributed by atoms with Crippen LogP contribution in [0.5, 0.6) is 0 Å². The highest BCUT2D eigenvalue weighted by Gasteiger charge is 2.12. The number of carbonyl (C=O) groups is 1. The van der Waals surface area contributed by atoms with Crippen molar-refractivity contribution in [1.29, 1.82) is 0 Å². The molecule has 5 nitrogen and oxygen atoms in total. The molecule has 3 rings (SSSR count). The van der Waals surface area contributed by atoms with Crippen LogP contribution in [0.2, 0.25) is 10.0 Å². The van der Waals surface area contributed by atoms with E-state index in [-0.39, 0.29) is 11.7 Å². The Balaban J connectivity index is 1.59. The number of thioether (sulfide) groups is 1. The Morgan fingerprint density at radius 1 is 1.08 bits per heavy atom. The zero-order valence-corrected chi connectivity index (χ0v) is 16.4. The fraction of sp³-hybridized carbons (Fsp3) is 0.167. The van der Waals surface area contributed by atoms with Crippen molar-refractivity contribution in [2.45, 2.75) is 19.1 Å². The van der Waals surface area contributed by atoms with Gasteiger partial charge in [0, 0.05) is 11.3 Å². The van der Waals surface area contributed by atoms with Gasteiger partial charge in [0.1, 0.15) is 0 Å². The maximum Gasteiger partial charge on any atom is 0.277 e. The van der Waals surface area contributed by atoms with Crippen LogP contribution in [-0.4, -0.2) is 21.9 Å². The molecule has 0 aliphatic rings. The summed E-state index contributed by atoms with van der Waals surface area (Å²) in [7, 11) is 0. The molecule has 26 heavy (non-hydrogen) atoms. The summed E-state index contributed by atoms with van der Waals surface area (Å²) in [5.74, 6) is 0.356. The highest BCUT2D eigenvalue weighted by Crippen LogP contribution is 2.26. The average molecular weight is 408 g/mol. The third kappa shape index (κ3) is 4.58. The number of benzene rings is 2. The molecule has 0 fully saturated rings. The molecule has 0 spiro atoms. The minimum Gasteiger partial charge on any atom is -0.411 e. The van der Waals surface area contributed by atoms with Crippen molar-refractivity contribution < 1.29 is 9.21 Å². The van der Waals surface area contributed by atoms with Crippen LogP contribution >= 0.6 is 35.0 Å². The van der Waals surface area contributed by atoms with Gasteiger partial charge in [-0.1, -0.05) is 41.0 Å². The number of halogens is 2. The lowest BCUT2D eigenvalue weighted by Crippen LogP contribution is -2.13. The molecule has 3 aromatic rings. The predicted octanol–water partition coefficient (Wildman–Crippen LogP) is 5.39. The molecule has 0 unspecified atom stereocenters. The van der Waals surface area contributed by atoms with Gasteiger partial charge in [0.05, 0.1) is 15.8 Å². The average Bonchev–Trinajstić information content (AvgIpc) is 3.08. The minimum absolute atomic E-state index is 0.134. The highest BCUT2D eigenvalue weighted by atomic mass is 35.5. The van der Waals surface area contributed by atoms with Crippen LogP contribution in [0.15, 0.2) is 46.0 Å². The van der Waals surface area contributed by atoms with E-state index < -0.39 is 0 Å². The van der Waals surface area contributed by atoms with E-state index in [9.17, 15) is 4.79 Å². The maximum absolute atomic E-state index is 12.0. The summed E-state index contributed by atoms with van der Waals surface area (Å²) in [6.07, 6.45) is 0. The molecular formula is C18H15Cl2N3O2S. The summed E-state index contributed by atoms with van der Waals surface area (Å²) in [4.78, 5) is 12.0. The van der Waals surface area contributed by atoms with Gasteiger partial charge in [-0.3, -0.25) is 4.79 Å². The van der Waals surface area contributed by atoms with E-state index in [1.54, 1.807) is 18.2 Å². The Morgan fingerprint density at radius 2 is 1.88 bits per heavy atom. The molecule has 134 valence electrons. The molecule has 1 amide bonds. The quantitative estimate of drug-likeness (QED) is 0.574. The van der Waals surface area contributed by atoms with Crippen molar-refractivity contribution in [2.75, 3.05) is 11.1 Å². The Hall–Kier alpha value is -2.02. The molecule has 1 heterocycles. The van der Waals surface area contributed by atoms with Crippen molar-refractivity contribution in [3.8, 4) is 11.5 Å². The van der Waals surface area contributed by atoms with E-state index in [0.717, 1.165) is 11.1 Å². The molecule has 0 radical (unpaired) electrons. The van der Waals surface area contributed by atoms with E-state index in [1.807, 2.05) is 32.0 Å². The fourth-order valence-corrected chi connectivity index (χ4v) is 3.02. The summed E-state index contributed by atoms with van der Waals surface area (Å²) in [5, 5.41) is 11.9. The second kappa shape index (κ2) is 8.12. The number of rotatable bonds is 5. The van der Waals surface area contributed by atoms with Gasteiger partial charge in [-0.05, 0) is 55.3 Å². The summed E-state index contributed by atoms with van der Waals surface area (Å²) in [6, 6.07) is 10.8. The van der Waals surface area contributed by atoms with Gasteiger partial charge in [0.15, 0.2) is 0 Å². The first-order valence-corrected chi connectivity index (χ1v) is 9.45. The van der Waals surface area contributed by atoms with Gasteiger partial charge < -0.3 is 9.73 Å². The van der Waals surface area contributed by atoms with Crippen LogP contribution < -0.4 is 5.32 Å². The van der Waals surface area contributed by atoms with Crippen molar-refractivity contribution in [2.24, 2.45) is 0 Å². The number of amides is 1. The molecule has 1 N–H and O–H groups in total. The number of hydrogen-bond acceptors (Lipinski definition) is 5. The van der Waals surface area contributed by atoms with Crippen LogP contribution in [0.1, 0.15) is 11.1 Å². The monoisotopic (exact) mass is 407 g/mol. The van der Waals surface area contributed by atoms with E-state index >= 15 is 0 Å². The number of aromatic nitrogens is 2. The zero-order chi connectivity index (χ0) is 18.7. The summed E-state index contributed by atoms with van der Waals surface area (Å²) in [6.45, 7) is 4.07. The van der Waals surface area contributed by atoms with E-state index in [1.165, 1.54) is 17.3 Å². The smallest absolute Gasteiger partial charge is 0.277 e. The van der Waals surface area contributed by atoms with Gasteiger partial charge >= 0.3 is 0 Å². The van der Waals surface area contributed by atoms with Gasteiger partial charge in [-0.15, -0.1) is 10.2 Å². The number of anilines is 1. The third-order valence-corrected chi connectivity index (χ3v) is 5.25. The molecule has 0 saturated heterocycles. The Labute approximate surface area is 165 Å². The Morgan fingerprint density at radius 3 is 2.62 bits per heavy atom. The van der Waals surface area contributed by atoms with Gasteiger partial charge in [-0.2, -0.15) is 0 Å².